The number of thiazole rings is 1. The van der Waals surface area contributed by atoms with Gasteiger partial charge in [-0.15, -0.1) is 0 Å². The van der Waals surface area contributed by atoms with Gasteiger partial charge in [0.2, 0.25) is 5.95 Å². The van der Waals surface area contributed by atoms with Gasteiger partial charge < -0.3 is 15.2 Å². The number of Topliss-reactive ketones (excluding diaryl/α,β-unsaturated/α-hetero) is 1. The maximum atomic E-state index is 12.7. The maximum absolute atomic E-state index is 12.7. The summed E-state index contributed by atoms with van der Waals surface area (Å²) < 4.78 is 3.00. The van der Waals surface area contributed by atoms with Crippen molar-refractivity contribution in [2.24, 2.45) is 13.0 Å². The summed E-state index contributed by atoms with van der Waals surface area (Å²) in [6.07, 6.45) is 1.66. The molecule has 6 nitrogen and oxygen atoms in total. The Kier molecular flexibility index (Phi) is 4.73. The van der Waals surface area contributed by atoms with Crippen molar-refractivity contribution in [3.8, 4) is 0 Å². The lowest BCUT2D eigenvalue weighted by atomic mass is 9.97. The van der Waals surface area contributed by atoms with Crippen LogP contribution in [0.2, 0.25) is 5.02 Å². The van der Waals surface area contributed by atoms with E-state index in [9.17, 15) is 4.79 Å². The highest BCUT2D eigenvalue weighted by atomic mass is 35.5. The van der Waals surface area contributed by atoms with E-state index >= 15 is 0 Å². The third-order valence-electron chi connectivity index (χ3n) is 5.41. The highest BCUT2D eigenvalue weighted by Gasteiger charge is 2.20. The van der Waals surface area contributed by atoms with Crippen LogP contribution >= 0.6 is 22.9 Å². The zero-order valence-electron chi connectivity index (χ0n) is 15.9. The van der Waals surface area contributed by atoms with E-state index in [0.29, 0.717) is 23.3 Å². The fourth-order valence-electron chi connectivity index (χ4n) is 3.80. The summed E-state index contributed by atoms with van der Waals surface area (Å²) >= 11 is 7.60. The first-order chi connectivity index (χ1) is 14.1. The van der Waals surface area contributed by atoms with Gasteiger partial charge in [0.05, 0.1) is 21.3 Å². The molecule has 8 heteroatoms. The van der Waals surface area contributed by atoms with Gasteiger partial charge >= 0.3 is 0 Å². The minimum absolute atomic E-state index is 0.184. The van der Waals surface area contributed by atoms with Gasteiger partial charge in [-0.2, -0.15) is 0 Å². The molecular weight excluding hydrogens is 406 g/mol. The number of ketones is 1. The van der Waals surface area contributed by atoms with Crippen LogP contribution < -0.4 is 10.6 Å². The van der Waals surface area contributed by atoms with Gasteiger partial charge in [-0.3, -0.25) is 4.79 Å². The highest BCUT2D eigenvalue weighted by Crippen LogP contribution is 2.31. The Labute approximate surface area is 176 Å². The molecule has 1 atom stereocenters. The first-order valence-corrected chi connectivity index (χ1v) is 10.8. The molecular formula is C21H20ClN5OS. The number of imidazole rings is 1. The Balaban J connectivity index is 1.41. The van der Waals surface area contributed by atoms with E-state index in [2.05, 4.69) is 15.6 Å². The van der Waals surface area contributed by atoms with Crippen LogP contribution in [0, 0.1) is 5.92 Å². The minimum Gasteiger partial charge on any atom is -0.316 e. The molecule has 1 saturated heterocycles. The van der Waals surface area contributed by atoms with Crippen molar-refractivity contribution in [3.05, 3.63) is 47.0 Å². The second-order valence-electron chi connectivity index (χ2n) is 7.44. The molecule has 0 radical (unpaired) electrons. The number of fused-ring (bicyclic) bond motifs is 2. The third-order valence-corrected chi connectivity index (χ3v) is 6.58. The van der Waals surface area contributed by atoms with Crippen LogP contribution in [0.15, 0.2) is 36.4 Å². The second-order valence-corrected chi connectivity index (χ2v) is 8.91. The number of carbonyl (C=O) groups is 1. The normalized spacial score (nSPS) is 16.7. The van der Waals surface area contributed by atoms with Crippen LogP contribution in [-0.2, 0) is 7.05 Å². The Morgan fingerprint density at radius 2 is 2.17 bits per heavy atom. The van der Waals surface area contributed by atoms with Crippen molar-refractivity contribution in [3.63, 3.8) is 0 Å². The molecule has 2 aromatic carbocycles. The second kappa shape index (κ2) is 7.40. The molecule has 3 heterocycles. The van der Waals surface area contributed by atoms with Gasteiger partial charge in [0.25, 0.3) is 0 Å². The topological polar surface area (TPSA) is 71.8 Å². The molecule has 148 valence electrons. The van der Waals surface area contributed by atoms with Crippen LogP contribution in [0.5, 0.6) is 0 Å². The molecule has 0 aliphatic carbocycles. The predicted octanol–water partition coefficient (Wildman–Crippen LogP) is 4.76. The van der Waals surface area contributed by atoms with Crippen molar-refractivity contribution >= 4 is 61.1 Å². The monoisotopic (exact) mass is 425 g/mol. The summed E-state index contributed by atoms with van der Waals surface area (Å²) in [7, 11) is 1.95. The Morgan fingerprint density at radius 1 is 1.28 bits per heavy atom. The van der Waals surface area contributed by atoms with E-state index in [1.54, 1.807) is 0 Å². The molecule has 1 aliphatic heterocycles. The third kappa shape index (κ3) is 3.61. The molecule has 2 aromatic heterocycles. The van der Waals surface area contributed by atoms with Gasteiger partial charge in [0.1, 0.15) is 0 Å². The van der Waals surface area contributed by atoms with Gasteiger partial charge in [0, 0.05) is 24.1 Å². The summed E-state index contributed by atoms with van der Waals surface area (Å²) in [6.45, 7) is 1.93. The smallest absolute Gasteiger partial charge is 0.209 e. The van der Waals surface area contributed by atoms with Gasteiger partial charge in [-0.1, -0.05) is 22.9 Å². The van der Waals surface area contributed by atoms with Gasteiger partial charge in [0.15, 0.2) is 10.9 Å². The van der Waals surface area contributed by atoms with E-state index in [0.717, 1.165) is 51.5 Å². The fourth-order valence-corrected chi connectivity index (χ4v) is 4.94. The SMILES string of the molecule is Cn1c(Nc2nc3ccc(Cl)cc3s2)nc2cc(C(=O)C[C@@H]3CCNC3)ccc21. The molecule has 2 N–H and O–H groups in total. The summed E-state index contributed by atoms with van der Waals surface area (Å²) in [6, 6.07) is 11.4. The van der Waals surface area contributed by atoms with E-state index in [-0.39, 0.29) is 5.78 Å². The van der Waals surface area contributed by atoms with Crippen LogP contribution in [0.3, 0.4) is 0 Å². The van der Waals surface area contributed by atoms with Crippen molar-refractivity contribution in [1.82, 2.24) is 19.9 Å². The number of aryl methyl sites for hydroxylation is 1. The van der Waals surface area contributed by atoms with Crippen molar-refractivity contribution in [2.45, 2.75) is 12.8 Å². The predicted molar refractivity (Wildman–Crippen MR) is 119 cm³/mol. The Hall–Kier alpha value is -2.48. The number of rotatable bonds is 5. The van der Waals surface area contributed by atoms with E-state index in [4.69, 9.17) is 16.6 Å². The first kappa shape index (κ1) is 18.5. The molecule has 1 fully saturated rings. The lowest BCUT2D eigenvalue weighted by Gasteiger charge is -2.07. The first-order valence-electron chi connectivity index (χ1n) is 9.60. The van der Waals surface area contributed by atoms with E-state index in [1.807, 2.05) is 48.0 Å². The number of benzene rings is 2. The standard InChI is InChI=1S/C21H20ClN5OS/c1-27-17-5-2-13(18(28)8-12-6-7-23-11-12)9-16(17)24-20(27)26-21-25-15-4-3-14(22)10-19(15)29-21/h2-5,9-10,12,23H,6-8,11H2,1H3,(H,24,25,26)/t12-/m0/s1. The number of aromatic nitrogens is 3. The average Bonchev–Trinajstić information content (AvgIpc) is 3.41. The number of halogens is 1. The molecule has 0 saturated carbocycles. The van der Waals surface area contributed by atoms with Crippen LogP contribution in [-0.4, -0.2) is 33.4 Å². The fraction of sp³-hybridized carbons (Fsp3) is 0.286. The van der Waals surface area contributed by atoms with E-state index < -0.39 is 0 Å². The number of hydrogen-bond donors (Lipinski definition) is 2. The van der Waals surface area contributed by atoms with Crippen LogP contribution in [0.4, 0.5) is 11.1 Å². The Bertz CT molecular complexity index is 1220. The summed E-state index contributed by atoms with van der Waals surface area (Å²) in [5, 5.41) is 8.07. The molecule has 0 amide bonds. The van der Waals surface area contributed by atoms with E-state index in [1.165, 1.54) is 11.3 Å². The zero-order valence-corrected chi connectivity index (χ0v) is 17.5. The highest BCUT2D eigenvalue weighted by molar-refractivity contribution is 7.22. The van der Waals surface area contributed by atoms with Crippen LogP contribution in [0.1, 0.15) is 23.2 Å². The molecule has 4 aromatic rings. The number of hydrogen-bond acceptors (Lipinski definition) is 6. The Morgan fingerprint density at radius 3 is 3.00 bits per heavy atom. The number of anilines is 2. The molecule has 0 bridgehead atoms. The molecule has 0 unspecified atom stereocenters. The summed E-state index contributed by atoms with van der Waals surface area (Å²) in [5.74, 6) is 1.31. The zero-order chi connectivity index (χ0) is 20.0. The lowest BCUT2D eigenvalue weighted by Crippen LogP contribution is -2.12. The minimum atomic E-state index is 0.184. The summed E-state index contributed by atoms with van der Waals surface area (Å²) in [4.78, 5) is 22.0. The van der Waals surface area contributed by atoms with Crippen LogP contribution in [0.25, 0.3) is 21.3 Å². The summed E-state index contributed by atoms with van der Waals surface area (Å²) in [5.41, 5.74) is 3.39. The van der Waals surface area contributed by atoms with Crippen molar-refractivity contribution in [2.75, 3.05) is 18.4 Å². The number of carbonyl (C=O) groups excluding carboxylic acids is 1. The largest absolute Gasteiger partial charge is 0.316 e. The number of nitrogens with zero attached hydrogens (tertiary/aromatic N) is 3. The van der Waals surface area contributed by atoms with Gasteiger partial charge in [-0.25, -0.2) is 9.97 Å². The number of nitrogens with one attached hydrogen (secondary N) is 2. The lowest BCUT2D eigenvalue weighted by molar-refractivity contribution is 0.0964. The quantitative estimate of drug-likeness (QED) is 0.451. The molecule has 29 heavy (non-hydrogen) atoms. The maximum Gasteiger partial charge on any atom is 0.209 e. The van der Waals surface area contributed by atoms with Crippen molar-refractivity contribution < 1.29 is 4.79 Å². The molecule has 1 aliphatic rings. The average molecular weight is 426 g/mol. The van der Waals surface area contributed by atoms with Crippen molar-refractivity contribution in [1.29, 1.82) is 0 Å². The van der Waals surface area contributed by atoms with Gasteiger partial charge in [-0.05, 0) is 61.8 Å². The molecule has 0 spiro atoms. The molecule has 5 rings (SSSR count).